The first kappa shape index (κ1) is 14.4. The minimum Gasteiger partial charge on any atom is -0.480 e. The van der Waals surface area contributed by atoms with Gasteiger partial charge in [-0.3, -0.25) is 9.59 Å². The Kier molecular flexibility index (Phi) is 5.05. The van der Waals surface area contributed by atoms with Gasteiger partial charge in [-0.25, -0.2) is 4.79 Å². The fourth-order valence-corrected chi connectivity index (χ4v) is 1.93. The van der Waals surface area contributed by atoms with Crippen molar-refractivity contribution in [3.8, 4) is 0 Å². The summed E-state index contributed by atoms with van der Waals surface area (Å²) in [6, 6.07) is -2.03. The molecule has 0 radical (unpaired) electrons. The lowest BCUT2D eigenvalue weighted by Gasteiger charge is -2.26. The van der Waals surface area contributed by atoms with E-state index in [-0.39, 0.29) is 6.54 Å². The number of nitrogens with zero attached hydrogens (tertiary/aromatic N) is 1. The third-order valence-corrected chi connectivity index (χ3v) is 2.82. The zero-order valence-electron chi connectivity index (χ0n) is 9.83. The topological polar surface area (TPSA) is 133 Å². The molecule has 2 atom stereocenters. The lowest BCUT2D eigenvalue weighted by Crippen LogP contribution is -2.54. The molecule has 1 heterocycles. The molecule has 8 heteroatoms. The highest BCUT2D eigenvalue weighted by molar-refractivity contribution is 5.91. The summed E-state index contributed by atoms with van der Waals surface area (Å²) in [5.41, 5.74) is 5.09. The van der Waals surface area contributed by atoms with Crippen LogP contribution in [0.15, 0.2) is 0 Å². The minimum atomic E-state index is -1.14. The number of rotatable bonds is 5. The summed E-state index contributed by atoms with van der Waals surface area (Å²) < 4.78 is 0. The highest BCUT2D eigenvalue weighted by Crippen LogP contribution is 2.18. The number of nitrogens with two attached hydrogens (primary N) is 1. The van der Waals surface area contributed by atoms with Gasteiger partial charge < -0.3 is 26.2 Å². The fourth-order valence-electron chi connectivity index (χ4n) is 1.93. The molecule has 1 aliphatic rings. The second kappa shape index (κ2) is 6.31. The van der Waals surface area contributed by atoms with Crippen molar-refractivity contribution in [1.82, 2.24) is 10.2 Å². The number of likely N-dealkylation sites (tertiary alicyclic amines) is 1. The number of carboxylic acids is 1. The van der Waals surface area contributed by atoms with Gasteiger partial charge >= 0.3 is 5.97 Å². The maximum absolute atomic E-state index is 12.0. The highest BCUT2D eigenvalue weighted by atomic mass is 16.4. The van der Waals surface area contributed by atoms with E-state index in [1.54, 1.807) is 0 Å². The maximum atomic E-state index is 12.0. The van der Waals surface area contributed by atoms with E-state index in [9.17, 15) is 14.4 Å². The van der Waals surface area contributed by atoms with Gasteiger partial charge in [0.05, 0.1) is 13.2 Å². The molecule has 8 nitrogen and oxygen atoms in total. The number of aliphatic carboxylic acids is 1. The van der Waals surface area contributed by atoms with Crippen LogP contribution in [0.3, 0.4) is 0 Å². The average molecular weight is 259 g/mol. The van der Waals surface area contributed by atoms with Crippen LogP contribution in [-0.2, 0) is 14.4 Å². The summed E-state index contributed by atoms with van der Waals surface area (Å²) in [7, 11) is 0. The molecule has 0 saturated carbocycles. The first-order valence-electron chi connectivity index (χ1n) is 5.64. The van der Waals surface area contributed by atoms with Gasteiger partial charge in [0.1, 0.15) is 12.1 Å². The second-order valence-corrected chi connectivity index (χ2v) is 4.03. The summed E-state index contributed by atoms with van der Waals surface area (Å²) >= 11 is 0. The molecule has 0 unspecified atom stereocenters. The van der Waals surface area contributed by atoms with E-state index < -0.39 is 36.5 Å². The van der Waals surface area contributed by atoms with E-state index in [0.717, 1.165) is 0 Å². The predicted octanol–water partition coefficient (Wildman–Crippen LogP) is -2.50. The van der Waals surface area contributed by atoms with Crippen molar-refractivity contribution >= 4 is 17.8 Å². The van der Waals surface area contributed by atoms with E-state index >= 15 is 0 Å². The molecule has 1 fully saturated rings. The number of hydrogen-bond donors (Lipinski definition) is 4. The Balaban J connectivity index is 2.71. The molecular weight excluding hydrogens is 242 g/mol. The van der Waals surface area contributed by atoms with Crippen molar-refractivity contribution in [1.29, 1.82) is 0 Å². The monoisotopic (exact) mass is 259 g/mol. The number of hydrogen-bond acceptors (Lipinski definition) is 5. The zero-order valence-corrected chi connectivity index (χ0v) is 9.83. The van der Waals surface area contributed by atoms with E-state index in [2.05, 4.69) is 5.32 Å². The van der Waals surface area contributed by atoms with E-state index in [1.165, 1.54) is 4.90 Å². The van der Waals surface area contributed by atoms with Gasteiger partial charge in [-0.15, -0.1) is 0 Å². The van der Waals surface area contributed by atoms with Crippen molar-refractivity contribution in [3.05, 3.63) is 0 Å². The molecule has 0 aromatic carbocycles. The molecule has 2 amide bonds. The van der Waals surface area contributed by atoms with Crippen LogP contribution in [0.1, 0.15) is 12.8 Å². The van der Waals surface area contributed by atoms with Gasteiger partial charge in [-0.1, -0.05) is 0 Å². The van der Waals surface area contributed by atoms with Crippen molar-refractivity contribution < 1.29 is 24.6 Å². The van der Waals surface area contributed by atoms with E-state index in [4.69, 9.17) is 15.9 Å². The molecule has 18 heavy (non-hydrogen) atoms. The molecule has 1 aliphatic heterocycles. The van der Waals surface area contributed by atoms with Gasteiger partial charge in [0.15, 0.2) is 0 Å². The molecule has 0 spiro atoms. The minimum absolute atomic E-state index is 0.299. The quantitative estimate of drug-likeness (QED) is 0.431. The highest BCUT2D eigenvalue weighted by Gasteiger charge is 2.37. The van der Waals surface area contributed by atoms with Gasteiger partial charge in [0, 0.05) is 6.54 Å². The smallest absolute Gasteiger partial charge is 0.326 e. The molecule has 0 aromatic rings. The van der Waals surface area contributed by atoms with Gasteiger partial charge in [-0.05, 0) is 12.8 Å². The third kappa shape index (κ3) is 3.17. The number of aliphatic hydroxyl groups is 1. The van der Waals surface area contributed by atoms with E-state index in [0.29, 0.717) is 19.4 Å². The van der Waals surface area contributed by atoms with Crippen molar-refractivity contribution in [2.75, 3.05) is 19.7 Å². The lowest BCUT2D eigenvalue weighted by atomic mass is 10.2. The number of nitrogens with one attached hydrogen (secondary N) is 1. The van der Waals surface area contributed by atoms with Crippen LogP contribution < -0.4 is 11.1 Å². The van der Waals surface area contributed by atoms with E-state index in [1.807, 2.05) is 0 Å². The molecule has 1 rings (SSSR count). The Bertz CT molecular complexity index is 346. The Morgan fingerprint density at radius 3 is 2.61 bits per heavy atom. The van der Waals surface area contributed by atoms with Gasteiger partial charge in [0.2, 0.25) is 11.8 Å². The molecule has 102 valence electrons. The number of carbonyl (C=O) groups excluding carboxylic acids is 2. The largest absolute Gasteiger partial charge is 0.480 e. The third-order valence-electron chi connectivity index (χ3n) is 2.82. The summed E-state index contributed by atoms with van der Waals surface area (Å²) in [6.07, 6.45) is 0.968. The first-order chi connectivity index (χ1) is 8.51. The molecule has 0 aromatic heterocycles. The number of carboxylic acid groups (broad SMARTS) is 1. The van der Waals surface area contributed by atoms with Crippen LogP contribution in [0.4, 0.5) is 0 Å². The Labute approximate surface area is 104 Å². The van der Waals surface area contributed by atoms with Crippen LogP contribution in [0.2, 0.25) is 0 Å². The second-order valence-electron chi connectivity index (χ2n) is 4.03. The summed E-state index contributed by atoms with van der Waals surface area (Å²) in [4.78, 5) is 35.2. The first-order valence-corrected chi connectivity index (χ1v) is 5.64. The van der Waals surface area contributed by atoms with Crippen molar-refractivity contribution in [2.45, 2.75) is 24.9 Å². The zero-order chi connectivity index (χ0) is 13.7. The fraction of sp³-hybridized carbons (Fsp3) is 0.700. The number of aliphatic hydroxyl groups excluding tert-OH is 1. The molecular formula is C10H17N3O5. The number of amides is 2. The standard InChI is InChI=1S/C10H17N3O5/c11-4-8(15)12-6(5-14)9(16)13-3-1-2-7(13)10(17)18/h6-7,14H,1-5,11H2,(H,12,15)(H,17,18)/t6-,7-/m0/s1. The van der Waals surface area contributed by atoms with Crippen molar-refractivity contribution in [2.24, 2.45) is 5.73 Å². The normalized spacial score (nSPS) is 20.6. The van der Waals surface area contributed by atoms with Crippen LogP contribution in [0.5, 0.6) is 0 Å². The van der Waals surface area contributed by atoms with Gasteiger partial charge in [-0.2, -0.15) is 0 Å². The van der Waals surface area contributed by atoms with Gasteiger partial charge in [0.25, 0.3) is 0 Å². The average Bonchev–Trinajstić information content (AvgIpc) is 2.83. The van der Waals surface area contributed by atoms with Crippen molar-refractivity contribution in [3.63, 3.8) is 0 Å². The molecule has 5 N–H and O–H groups in total. The lowest BCUT2D eigenvalue weighted by molar-refractivity contribution is -0.149. The van der Waals surface area contributed by atoms with Crippen LogP contribution in [0.25, 0.3) is 0 Å². The summed E-state index contributed by atoms with van der Waals surface area (Å²) in [6.45, 7) is -0.579. The molecule has 1 saturated heterocycles. The SMILES string of the molecule is NCC(=O)N[C@@H](CO)C(=O)N1CCC[C@H]1C(=O)O. The van der Waals surface area contributed by atoms with Crippen LogP contribution in [0, 0.1) is 0 Å². The Morgan fingerprint density at radius 2 is 2.11 bits per heavy atom. The molecule has 0 aliphatic carbocycles. The predicted molar refractivity (Wildman–Crippen MR) is 60.4 cm³/mol. The Morgan fingerprint density at radius 1 is 1.44 bits per heavy atom. The summed E-state index contributed by atoms with van der Waals surface area (Å²) in [5.74, 6) is -2.25. The summed E-state index contributed by atoms with van der Waals surface area (Å²) in [5, 5.41) is 20.3. The Hall–Kier alpha value is -1.67. The molecule has 0 bridgehead atoms. The van der Waals surface area contributed by atoms with Crippen LogP contribution >= 0.6 is 0 Å². The maximum Gasteiger partial charge on any atom is 0.326 e. The number of carbonyl (C=O) groups is 3. The van der Waals surface area contributed by atoms with Crippen LogP contribution in [-0.4, -0.2) is 64.7 Å².